The first-order valence-corrected chi connectivity index (χ1v) is 9.94. The Morgan fingerprint density at radius 2 is 1.76 bits per heavy atom. The highest BCUT2D eigenvalue weighted by molar-refractivity contribution is 7.05. The van der Waals surface area contributed by atoms with Crippen molar-refractivity contribution in [3.63, 3.8) is 0 Å². The summed E-state index contributed by atoms with van der Waals surface area (Å²) in [7, 11) is 0. The highest BCUT2D eigenvalue weighted by Gasteiger charge is 2.30. The molecule has 2 N–H and O–H groups in total. The summed E-state index contributed by atoms with van der Waals surface area (Å²) in [5, 5.41) is 15.7. The van der Waals surface area contributed by atoms with Crippen molar-refractivity contribution in [3.8, 4) is 11.1 Å². The standard InChI is InChI=1S/C21H19N3O4S/c1-12-20(29-24-23-12)18(10-19(25)26)22-21(27)28-11-17-15-8-4-2-6-13(15)14-7-3-5-9-16(14)17/h2-9,17-18H,10-11H2,1H3,(H,22,27)(H,25,26)/t18-/m0/s1. The molecule has 3 aromatic rings. The number of alkyl carbamates (subject to hydrolysis) is 1. The fourth-order valence-electron chi connectivity index (χ4n) is 3.72. The number of rotatable bonds is 6. The van der Waals surface area contributed by atoms with Crippen molar-refractivity contribution >= 4 is 23.6 Å². The van der Waals surface area contributed by atoms with E-state index in [1.54, 1.807) is 6.92 Å². The molecule has 29 heavy (non-hydrogen) atoms. The van der Waals surface area contributed by atoms with Crippen LogP contribution in [0, 0.1) is 6.92 Å². The van der Waals surface area contributed by atoms with Crippen LogP contribution in [0.2, 0.25) is 0 Å². The largest absolute Gasteiger partial charge is 0.481 e. The number of aryl methyl sites for hydroxylation is 1. The van der Waals surface area contributed by atoms with Crippen LogP contribution in [0.25, 0.3) is 11.1 Å². The molecular formula is C21H19N3O4S. The van der Waals surface area contributed by atoms with Gasteiger partial charge in [-0.05, 0) is 40.7 Å². The molecule has 0 aliphatic heterocycles. The highest BCUT2D eigenvalue weighted by Crippen LogP contribution is 2.44. The van der Waals surface area contributed by atoms with Crippen LogP contribution in [-0.4, -0.2) is 33.4 Å². The Balaban J connectivity index is 1.48. The Bertz CT molecular complexity index is 1020. The molecule has 7 nitrogen and oxygen atoms in total. The number of aliphatic carboxylic acids is 1. The number of fused-ring (bicyclic) bond motifs is 3. The SMILES string of the molecule is Cc1nnsc1[C@H](CC(=O)O)NC(=O)OCC1c2ccccc2-c2ccccc21. The van der Waals surface area contributed by atoms with Gasteiger partial charge in [0, 0.05) is 5.92 Å². The maximum atomic E-state index is 12.5. The van der Waals surface area contributed by atoms with Gasteiger partial charge in [0.05, 0.1) is 23.0 Å². The predicted octanol–water partition coefficient (Wildman–Crippen LogP) is 3.90. The van der Waals surface area contributed by atoms with Gasteiger partial charge in [0.25, 0.3) is 0 Å². The van der Waals surface area contributed by atoms with Crippen molar-refractivity contribution in [2.24, 2.45) is 0 Å². The minimum absolute atomic E-state index is 0.0575. The van der Waals surface area contributed by atoms with Gasteiger partial charge >= 0.3 is 12.1 Å². The van der Waals surface area contributed by atoms with Gasteiger partial charge in [0.15, 0.2) is 0 Å². The lowest BCUT2D eigenvalue weighted by Gasteiger charge is -2.18. The third-order valence-electron chi connectivity index (χ3n) is 5.02. The van der Waals surface area contributed by atoms with E-state index in [9.17, 15) is 14.7 Å². The number of ether oxygens (including phenoxy) is 1. The summed E-state index contributed by atoms with van der Waals surface area (Å²) in [5.74, 6) is -1.08. The molecule has 0 radical (unpaired) electrons. The van der Waals surface area contributed by atoms with Crippen LogP contribution in [0.4, 0.5) is 4.79 Å². The molecule has 1 heterocycles. The Labute approximate surface area is 171 Å². The lowest BCUT2D eigenvalue weighted by Crippen LogP contribution is -2.31. The molecule has 0 fully saturated rings. The van der Waals surface area contributed by atoms with Crippen LogP contribution < -0.4 is 5.32 Å². The van der Waals surface area contributed by atoms with Crippen molar-refractivity contribution in [3.05, 3.63) is 70.2 Å². The molecule has 1 aliphatic rings. The van der Waals surface area contributed by atoms with Gasteiger partial charge in [-0.1, -0.05) is 53.0 Å². The summed E-state index contributed by atoms with van der Waals surface area (Å²) in [6.07, 6.45) is -0.930. The van der Waals surface area contributed by atoms with E-state index in [0.29, 0.717) is 10.6 Å². The second-order valence-corrected chi connectivity index (χ2v) is 7.63. The van der Waals surface area contributed by atoms with Crippen LogP contribution in [0.15, 0.2) is 48.5 Å². The molecule has 1 amide bonds. The Morgan fingerprint density at radius 3 is 2.31 bits per heavy atom. The Hall–Kier alpha value is -3.26. The zero-order valence-corrected chi connectivity index (χ0v) is 16.5. The smallest absolute Gasteiger partial charge is 0.407 e. The molecule has 2 aromatic carbocycles. The van der Waals surface area contributed by atoms with E-state index >= 15 is 0 Å². The van der Waals surface area contributed by atoms with E-state index in [0.717, 1.165) is 33.8 Å². The number of carboxylic acids is 1. The number of nitrogens with one attached hydrogen (secondary N) is 1. The zero-order chi connectivity index (χ0) is 20.4. The third kappa shape index (κ3) is 3.84. The average molecular weight is 409 g/mol. The topological polar surface area (TPSA) is 101 Å². The molecule has 1 atom stereocenters. The second-order valence-electron chi connectivity index (χ2n) is 6.84. The van der Waals surface area contributed by atoms with E-state index < -0.39 is 18.1 Å². The van der Waals surface area contributed by atoms with Gasteiger partial charge in [0.1, 0.15) is 6.61 Å². The molecule has 0 unspecified atom stereocenters. The predicted molar refractivity (Wildman–Crippen MR) is 108 cm³/mol. The van der Waals surface area contributed by atoms with Gasteiger partial charge in [-0.3, -0.25) is 4.79 Å². The number of carboxylic acid groups (broad SMARTS) is 1. The van der Waals surface area contributed by atoms with Crippen molar-refractivity contribution in [2.75, 3.05) is 6.61 Å². The maximum absolute atomic E-state index is 12.5. The van der Waals surface area contributed by atoms with Gasteiger partial charge in [0.2, 0.25) is 0 Å². The normalized spacial score (nSPS) is 13.4. The average Bonchev–Trinajstić information content (AvgIpc) is 3.27. The van der Waals surface area contributed by atoms with Crippen molar-refractivity contribution in [1.29, 1.82) is 0 Å². The first-order chi connectivity index (χ1) is 14.0. The van der Waals surface area contributed by atoms with Gasteiger partial charge in [-0.25, -0.2) is 4.79 Å². The van der Waals surface area contributed by atoms with Crippen molar-refractivity contribution in [2.45, 2.75) is 25.3 Å². The zero-order valence-electron chi connectivity index (χ0n) is 15.7. The van der Waals surface area contributed by atoms with Crippen LogP contribution >= 0.6 is 11.5 Å². The first-order valence-electron chi connectivity index (χ1n) is 9.16. The van der Waals surface area contributed by atoms with Gasteiger partial charge in [-0.2, -0.15) is 0 Å². The Morgan fingerprint density at radius 1 is 1.14 bits per heavy atom. The van der Waals surface area contributed by atoms with E-state index in [4.69, 9.17) is 4.74 Å². The molecule has 0 saturated carbocycles. The summed E-state index contributed by atoms with van der Waals surface area (Å²) in [5.41, 5.74) is 5.12. The number of amides is 1. The number of benzene rings is 2. The van der Waals surface area contributed by atoms with E-state index in [-0.39, 0.29) is 18.9 Å². The molecule has 0 bridgehead atoms. The van der Waals surface area contributed by atoms with Crippen molar-refractivity contribution in [1.82, 2.24) is 14.9 Å². The molecule has 0 saturated heterocycles. The van der Waals surface area contributed by atoms with E-state index in [1.165, 1.54) is 0 Å². The number of hydrogen-bond acceptors (Lipinski definition) is 6. The molecule has 1 aliphatic carbocycles. The Kier molecular flexibility index (Phi) is 5.26. The quantitative estimate of drug-likeness (QED) is 0.640. The molecular weight excluding hydrogens is 390 g/mol. The number of hydrogen-bond donors (Lipinski definition) is 2. The van der Waals surface area contributed by atoms with Crippen LogP contribution in [0.3, 0.4) is 0 Å². The highest BCUT2D eigenvalue weighted by atomic mass is 32.1. The van der Waals surface area contributed by atoms with Gasteiger partial charge in [-0.15, -0.1) is 5.10 Å². The lowest BCUT2D eigenvalue weighted by atomic mass is 9.98. The summed E-state index contributed by atoms with van der Waals surface area (Å²) >= 11 is 1.07. The monoisotopic (exact) mass is 409 g/mol. The fraction of sp³-hybridized carbons (Fsp3) is 0.238. The maximum Gasteiger partial charge on any atom is 0.407 e. The molecule has 8 heteroatoms. The van der Waals surface area contributed by atoms with Crippen LogP contribution in [-0.2, 0) is 9.53 Å². The number of aromatic nitrogens is 2. The minimum atomic E-state index is -1.03. The summed E-state index contributed by atoms with van der Waals surface area (Å²) in [6.45, 7) is 1.90. The van der Waals surface area contributed by atoms with E-state index in [1.807, 2.05) is 36.4 Å². The van der Waals surface area contributed by atoms with Gasteiger partial charge < -0.3 is 15.2 Å². The number of carbonyl (C=O) groups is 2. The van der Waals surface area contributed by atoms with Crippen molar-refractivity contribution < 1.29 is 19.4 Å². The third-order valence-corrected chi connectivity index (χ3v) is 5.96. The summed E-state index contributed by atoms with van der Waals surface area (Å²) in [6, 6.07) is 15.4. The fourth-order valence-corrected chi connectivity index (χ4v) is 4.42. The number of nitrogens with zero attached hydrogens (tertiary/aromatic N) is 2. The van der Waals surface area contributed by atoms with E-state index in [2.05, 4.69) is 27.0 Å². The summed E-state index contributed by atoms with van der Waals surface area (Å²) in [4.78, 5) is 24.3. The van der Waals surface area contributed by atoms with Crippen LogP contribution in [0.5, 0.6) is 0 Å². The first kappa shape index (κ1) is 19.1. The minimum Gasteiger partial charge on any atom is -0.481 e. The number of carbonyl (C=O) groups excluding carboxylic acids is 1. The summed E-state index contributed by atoms with van der Waals surface area (Å²) < 4.78 is 9.33. The molecule has 148 valence electrons. The molecule has 4 rings (SSSR count). The van der Waals surface area contributed by atoms with Crippen LogP contribution in [0.1, 0.15) is 40.1 Å². The molecule has 1 aromatic heterocycles. The second kappa shape index (κ2) is 8.00. The lowest BCUT2D eigenvalue weighted by molar-refractivity contribution is -0.137. The molecule has 0 spiro atoms.